The Labute approximate surface area is 209 Å². The average molecular weight is 523 g/mol. The van der Waals surface area contributed by atoms with Gasteiger partial charge in [-0.1, -0.05) is 54.7 Å². The number of carbonyl (C=O) groups is 1. The first-order chi connectivity index (χ1) is 16.2. The normalized spacial score (nSPS) is 11.6. The summed E-state index contributed by atoms with van der Waals surface area (Å²) in [5.74, 6) is -1.22. The lowest BCUT2D eigenvalue weighted by molar-refractivity contribution is -0.116. The fraction of sp³-hybridized carbons (Fsp3) is 0.240. The molecule has 0 aliphatic carbocycles. The molecule has 0 saturated heterocycles. The first-order valence-corrected chi connectivity index (χ1v) is 13.0. The fourth-order valence-electron chi connectivity index (χ4n) is 3.34. The number of aryl methyl sites for hydroxylation is 1. The van der Waals surface area contributed by atoms with Gasteiger partial charge < -0.3 is 5.32 Å². The maximum atomic E-state index is 14.4. The second-order valence-corrected chi connectivity index (χ2v) is 10.6. The number of hydrogen-bond donors (Lipinski definition) is 1. The van der Waals surface area contributed by atoms with Crippen LogP contribution < -0.4 is 5.32 Å². The molecule has 5 nitrogen and oxygen atoms in total. The van der Waals surface area contributed by atoms with Gasteiger partial charge in [-0.3, -0.25) is 4.79 Å². The van der Waals surface area contributed by atoms with Crippen LogP contribution in [0.15, 0.2) is 71.6 Å². The van der Waals surface area contributed by atoms with Crippen LogP contribution in [0.5, 0.6) is 0 Å². The van der Waals surface area contributed by atoms with Gasteiger partial charge in [-0.15, -0.1) is 0 Å². The quantitative estimate of drug-likeness (QED) is 0.339. The summed E-state index contributed by atoms with van der Waals surface area (Å²) < 4.78 is 42.0. The van der Waals surface area contributed by atoms with Gasteiger partial charge in [0.1, 0.15) is 5.82 Å². The third kappa shape index (κ3) is 6.79. The van der Waals surface area contributed by atoms with E-state index < -0.39 is 34.8 Å². The number of nitrogens with one attached hydrogen (secondary N) is 1. The number of benzene rings is 3. The zero-order chi connectivity index (χ0) is 24.7. The molecule has 3 aromatic rings. The van der Waals surface area contributed by atoms with Crippen LogP contribution in [0.2, 0.25) is 10.0 Å². The lowest BCUT2D eigenvalue weighted by Crippen LogP contribution is -2.37. The van der Waals surface area contributed by atoms with E-state index in [-0.39, 0.29) is 15.5 Å². The number of sulfonamides is 1. The summed E-state index contributed by atoms with van der Waals surface area (Å²) >= 11 is 12.0. The number of nitrogens with zero attached hydrogens (tertiary/aromatic N) is 1. The van der Waals surface area contributed by atoms with E-state index in [1.165, 1.54) is 42.5 Å². The Morgan fingerprint density at radius 2 is 1.68 bits per heavy atom. The minimum atomic E-state index is -4.17. The SMILES string of the molecule is CCCCc1ccc(NC(=O)CN(Cc2c(F)cccc2Cl)S(=O)(=O)c2ccc(Cl)cc2)cc1. The predicted molar refractivity (Wildman–Crippen MR) is 134 cm³/mol. The van der Waals surface area contributed by atoms with E-state index in [9.17, 15) is 17.6 Å². The monoisotopic (exact) mass is 522 g/mol. The van der Waals surface area contributed by atoms with E-state index in [4.69, 9.17) is 23.2 Å². The van der Waals surface area contributed by atoms with Crippen LogP contribution in [-0.2, 0) is 27.8 Å². The summed E-state index contributed by atoms with van der Waals surface area (Å²) in [7, 11) is -4.17. The standard InChI is InChI=1S/C25H25Cl2FN2O3S/c1-2-3-5-18-8-12-20(13-9-18)29-25(31)17-30(16-22-23(27)6-4-7-24(22)28)34(32,33)21-14-10-19(26)11-15-21/h4,6-15H,2-3,5,16-17H2,1H3,(H,29,31). The minimum Gasteiger partial charge on any atom is -0.325 e. The summed E-state index contributed by atoms with van der Waals surface area (Å²) in [4.78, 5) is 12.7. The van der Waals surface area contributed by atoms with Gasteiger partial charge in [0, 0.05) is 27.8 Å². The second kappa shape index (κ2) is 11.8. The molecule has 0 aliphatic rings. The lowest BCUT2D eigenvalue weighted by Gasteiger charge is -2.23. The summed E-state index contributed by atoms with van der Waals surface area (Å²) in [5.41, 5.74) is 1.67. The zero-order valence-electron chi connectivity index (χ0n) is 18.6. The highest BCUT2D eigenvalue weighted by atomic mass is 35.5. The first-order valence-electron chi connectivity index (χ1n) is 10.8. The number of anilines is 1. The van der Waals surface area contributed by atoms with Crippen molar-refractivity contribution >= 4 is 44.8 Å². The molecule has 180 valence electrons. The highest BCUT2D eigenvalue weighted by Crippen LogP contribution is 2.25. The number of rotatable bonds is 10. The molecule has 1 amide bonds. The molecule has 1 N–H and O–H groups in total. The Morgan fingerprint density at radius 3 is 2.29 bits per heavy atom. The number of hydrogen-bond acceptors (Lipinski definition) is 3. The van der Waals surface area contributed by atoms with Gasteiger partial charge in [0.15, 0.2) is 0 Å². The molecule has 0 bridgehead atoms. The Morgan fingerprint density at radius 1 is 1.00 bits per heavy atom. The van der Waals surface area contributed by atoms with E-state index in [0.717, 1.165) is 29.1 Å². The lowest BCUT2D eigenvalue weighted by atomic mass is 10.1. The third-order valence-corrected chi connectivity index (χ3v) is 7.64. The molecular formula is C25H25Cl2FN2O3S. The maximum Gasteiger partial charge on any atom is 0.243 e. The molecule has 0 spiro atoms. The van der Waals surface area contributed by atoms with Crippen LogP contribution in [0.25, 0.3) is 0 Å². The molecule has 0 saturated carbocycles. The molecule has 0 aliphatic heterocycles. The van der Waals surface area contributed by atoms with Crippen LogP contribution in [0.1, 0.15) is 30.9 Å². The topological polar surface area (TPSA) is 66.5 Å². The zero-order valence-corrected chi connectivity index (χ0v) is 20.9. The molecule has 9 heteroatoms. The maximum absolute atomic E-state index is 14.4. The van der Waals surface area contributed by atoms with Crippen molar-refractivity contribution in [1.82, 2.24) is 4.31 Å². The summed E-state index contributed by atoms with van der Waals surface area (Å²) in [6.07, 6.45) is 3.10. The van der Waals surface area contributed by atoms with Crippen molar-refractivity contribution in [2.24, 2.45) is 0 Å². The van der Waals surface area contributed by atoms with Crippen molar-refractivity contribution in [3.8, 4) is 0 Å². The van der Waals surface area contributed by atoms with Crippen molar-refractivity contribution < 1.29 is 17.6 Å². The number of amides is 1. The summed E-state index contributed by atoms with van der Waals surface area (Å²) in [6.45, 7) is 1.17. The molecule has 0 radical (unpaired) electrons. The number of unbranched alkanes of at least 4 members (excludes halogenated alkanes) is 1. The van der Waals surface area contributed by atoms with Gasteiger partial charge in [0.25, 0.3) is 0 Å². The van der Waals surface area contributed by atoms with E-state index in [1.54, 1.807) is 12.1 Å². The van der Waals surface area contributed by atoms with Crippen molar-refractivity contribution in [2.45, 2.75) is 37.6 Å². The van der Waals surface area contributed by atoms with Gasteiger partial charge in [-0.25, -0.2) is 12.8 Å². The van der Waals surface area contributed by atoms with Crippen LogP contribution in [0, 0.1) is 5.82 Å². The van der Waals surface area contributed by atoms with Gasteiger partial charge in [-0.2, -0.15) is 4.31 Å². The smallest absolute Gasteiger partial charge is 0.243 e. The van der Waals surface area contributed by atoms with E-state index in [1.807, 2.05) is 12.1 Å². The van der Waals surface area contributed by atoms with E-state index in [0.29, 0.717) is 10.7 Å². The van der Waals surface area contributed by atoms with Gasteiger partial charge in [0.05, 0.1) is 11.4 Å². The van der Waals surface area contributed by atoms with Gasteiger partial charge in [-0.05, 0) is 66.9 Å². The Bertz CT molecular complexity index is 1210. The molecular weight excluding hydrogens is 498 g/mol. The molecule has 0 heterocycles. The number of halogens is 3. The Hall–Kier alpha value is -2.45. The fourth-order valence-corrected chi connectivity index (χ4v) is 5.05. The molecule has 0 atom stereocenters. The molecule has 3 rings (SSSR count). The molecule has 34 heavy (non-hydrogen) atoms. The highest BCUT2D eigenvalue weighted by Gasteiger charge is 2.28. The van der Waals surface area contributed by atoms with Crippen molar-refractivity contribution in [3.05, 3.63) is 93.7 Å². The van der Waals surface area contributed by atoms with Gasteiger partial charge in [0.2, 0.25) is 15.9 Å². The van der Waals surface area contributed by atoms with Gasteiger partial charge >= 0.3 is 0 Å². The first kappa shape index (κ1) is 26.2. The van der Waals surface area contributed by atoms with Crippen molar-refractivity contribution in [3.63, 3.8) is 0 Å². The highest BCUT2D eigenvalue weighted by molar-refractivity contribution is 7.89. The van der Waals surface area contributed by atoms with Crippen molar-refractivity contribution in [2.75, 3.05) is 11.9 Å². The minimum absolute atomic E-state index is 0.0187. The summed E-state index contributed by atoms with van der Waals surface area (Å²) in [5, 5.41) is 3.14. The van der Waals surface area contributed by atoms with E-state index in [2.05, 4.69) is 12.2 Å². The molecule has 0 unspecified atom stereocenters. The average Bonchev–Trinajstić information content (AvgIpc) is 2.80. The van der Waals surface area contributed by atoms with Crippen LogP contribution in [-0.4, -0.2) is 25.2 Å². The molecule has 3 aromatic carbocycles. The Kier molecular flexibility index (Phi) is 9.08. The Balaban J connectivity index is 1.84. The van der Waals surface area contributed by atoms with Crippen LogP contribution in [0.4, 0.5) is 10.1 Å². The van der Waals surface area contributed by atoms with Crippen molar-refractivity contribution in [1.29, 1.82) is 0 Å². The second-order valence-electron chi connectivity index (χ2n) is 7.78. The van der Waals surface area contributed by atoms with Crippen LogP contribution >= 0.6 is 23.2 Å². The molecule has 0 fully saturated rings. The number of carbonyl (C=O) groups excluding carboxylic acids is 1. The van der Waals surface area contributed by atoms with Crippen LogP contribution in [0.3, 0.4) is 0 Å². The summed E-state index contributed by atoms with van der Waals surface area (Å²) in [6, 6.07) is 17.0. The predicted octanol–water partition coefficient (Wildman–Crippen LogP) is 6.30. The van der Waals surface area contributed by atoms with E-state index >= 15 is 0 Å². The molecule has 0 aromatic heterocycles. The largest absolute Gasteiger partial charge is 0.325 e. The third-order valence-electron chi connectivity index (χ3n) is 5.22.